The maximum atomic E-state index is 13.9. The number of carbonyl (C=O) groups is 1. The molecule has 0 amide bonds. The molecule has 0 aromatic heterocycles. The third-order valence-electron chi connectivity index (χ3n) is 4.11. The van der Waals surface area contributed by atoms with E-state index >= 15 is 0 Å². The normalized spacial score (nSPS) is 22.4. The Balaban J connectivity index is 2.10. The zero-order valence-electron chi connectivity index (χ0n) is 12.1. The molecule has 1 fully saturated rings. The summed E-state index contributed by atoms with van der Waals surface area (Å²) >= 11 is 0. The molecular formula is C16H22FNO2. The van der Waals surface area contributed by atoms with Crippen molar-refractivity contribution in [3.8, 4) is 0 Å². The van der Waals surface area contributed by atoms with Gasteiger partial charge >= 0.3 is 5.97 Å². The van der Waals surface area contributed by atoms with E-state index in [4.69, 9.17) is 0 Å². The van der Waals surface area contributed by atoms with Gasteiger partial charge in [0.25, 0.3) is 0 Å². The zero-order chi connectivity index (χ0) is 14.5. The molecule has 2 rings (SSSR count). The Morgan fingerprint density at radius 1 is 1.45 bits per heavy atom. The van der Waals surface area contributed by atoms with Crippen molar-refractivity contribution < 1.29 is 13.9 Å². The average molecular weight is 279 g/mol. The van der Waals surface area contributed by atoms with Crippen LogP contribution in [0.25, 0.3) is 0 Å². The lowest BCUT2D eigenvalue weighted by molar-refractivity contribution is 0.0600. The summed E-state index contributed by atoms with van der Waals surface area (Å²) in [7, 11) is 1.33. The second kappa shape index (κ2) is 6.73. The van der Waals surface area contributed by atoms with Gasteiger partial charge in [-0.2, -0.15) is 0 Å². The summed E-state index contributed by atoms with van der Waals surface area (Å²) in [4.78, 5) is 11.5. The summed E-state index contributed by atoms with van der Waals surface area (Å²) in [5, 5.41) is 3.25. The van der Waals surface area contributed by atoms with E-state index in [0.29, 0.717) is 17.2 Å². The monoisotopic (exact) mass is 279 g/mol. The highest BCUT2D eigenvalue weighted by Gasteiger charge is 2.21. The third kappa shape index (κ3) is 3.50. The topological polar surface area (TPSA) is 38.3 Å². The summed E-state index contributed by atoms with van der Waals surface area (Å²) in [6, 6.07) is 4.59. The summed E-state index contributed by atoms with van der Waals surface area (Å²) in [5.74, 6) is -0.0486. The van der Waals surface area contributed by atoms with E-state index in [9.17, 15) is 9.18 Å². The molecule has 0 bridgehead atoms. The first-order valence-corrected chi connectivity index (χ1v) is 7.28. The maximum Gasteiger partial charge on any atom is 0.337 e. The predicted molar refractivity (Wildman–Crippen MR) is 77.4 cm³/mol. The summed E-state index contributed by atoms with van der Waals surface area (Å²) in [5.41, 5.74) is 0.772. The van der Waals surface area contributed by atoms with Gasteiger partial charge in [-0.3, -0.25) is 0 Å². The molecule has 1 aliphatic carbocycles. The molecular weight excluding hydrogens is 257 g/mol. The number of halogens is 1. The van der Waals surface area contributed by atoms with Gasteiger partial charge in [0.2, 0.25) is 0 Å². The summed E-state index contributed by atoms with van der Waals surface area (Å²) < 4.78 is 18.5. The Kier molecular flexibility index (Phi) is 4.99. The van der Waals surface area contributed by atoms with Gasteiger partial charge < -0.3 is 10.1 Å². The minimum absolute atomic E-state index is 0.288. The molecule has 1 aromatic rings. The highest BCUT2D eigenvalue weighted by molar-refractivity contribution is 5.90. The largest absolute Gasteiger partial charge is 0.465 e. The van der Waals surface area contributed by atoms with Crippen molar-refractivity contribution in [2.75, 3.05) is 12.4 Å². The first-order chi connectivity index (χ1) is 9.63. The number of methoxy groups -OCH3 is 1. The van der Waals surface area contributed by atoms with Gasteiger partial charge in [-0.15, -0.1) is 0 Å². The molecule has 0 radical (unpaired) electrons. The molecule has 2 atom stereocenters. The van der Waals surface area contributed by atoms with Crippen LogP contribution in [-0.2, 0) is 4.74 Å². The van der Waals surface area contributed by atoms with Crippen molar-refractivity contribution in [1.29, 1.82) is 0 Å². The lowest BCUT2D eigenvalue weighted by Crippen LogP contribution is -2.27. The third-order valence-corrected chi connectivity index (χ3v) is 4.11. The Morgan fingerprint density at radius 3 is 2.95 bits per heavy atom. The Labute approximate surface area is 119 Å². The van der Waals surface area contributed by atoms with Crippen LogP contribution in [0.4, 0.5) is 10.1 Å². The molecule has 0 spiro atoms. The van der Waals surface area contributed by atoms with Crippen LogP contribution in [0.3, 0.4) is 0 Å². The van der Waals surface area contributed by atoms with Gasteiger partial charge in [-0.1, -0.05) is 26.2 Å². The van der Waals surface area contributed by atoms with E-state index < -0.39 is 5.97 Å². The number of hydrogen-bond donors (Lipinski definition) is 1. The van der Waals surface area contributed by atoms with Crippen LogP contribution in [-0.4, -0.2) is 19.1 Å². The molecule has 0 saturated heterocycles. The molecule has 1 aromatic carbocycles. The van der Waals surface area contributed by atoms with Crippen LogP contribution in [0.5, 0.6) is 0 Å². The molecule has 0 aliphatic heterocycles. The molecule has 2 unspecified atom stereocenters. The standard InChI is InChI=1S/C16H22FNO2/c1-3-11-5-4-6-13(9-11)18-15-10-12(16(19)20-2)7-8-14(15)17/h7-8,10-11,13,18H,3-6,9H2,1-2H3. The first-order valence-electron chi connectivity index (χ1n) is 7.28. The lowest BCUT2D eigenvalue weighted by atomic mass is 9.84. The fourth-order valence-corrected chi connectivity index (χ4v) is 2.89. The smallest absolute Gasteiger partial charge is 0.337 e. The van der Waals surface area contributed by atoms with Gasteiger partial charge in [-0.05, 0) is 37.0 Å². The number of anilines is 1. The zero-order valence-corrected chi connectivity index (χ0v) is 12.1. The fraction of sp³-hybridized carbons (Fsp3) is 0.562. The van der Waals surface area contributed by atoms with E-state index in [2.05, 4.69) is 17.0 Å². The number of esters is 1. The van der Waals surface area contributed by atoms with Gasteiger partial charge in [0, 0.05) is 6.04 Å². The second-order valence-corrected chi connectivity index (χ2v) is 5.47. The lowest BCUT2D eigenvalue weighted by Gasteiger charge is -2.30. The quantitative estimate of drug-likeness (QED) is 0.847. The molecule has 1 N–H and O–H groups in total. The van der Waals surface area contributed by atoms with E-state index in [0.717, 1.165) is 12.8 Å². The van der Waals surface area contributed by atoms with Gasteiger partial charge in [0.15, 0.2) is 0 Å². The van der Waals surface area contributed by atoms with Crippen LogP contribution in [0.15, 0.2) is 18.2 Å². The minimum Gasteiger partial charge on any atom is -0.465 e. The average Bonchev–Trinajstić information content (AvgIpc) is 2.49. The van der Waals surface area contributed by atoms with E-state index in [1.807, 2.05) is 0 Å². The molecule has 1 aliphatic rings. The van der Waals surface area contributed by atoms with E-state index in [1.165, 1.54) is 44.6 Å². The summed E-state index contributed by atoms with van der Waals surface area (Å²) in [6.07, 6.45) is 5.73. The maximum absolute atomic E-state index is 13.9. The Hall–Kier alpha value is -1.58. The van der Waals surface area contributed by atoms with E-state index in [-0.39, 0.29) is 11.9 Å². The van der Waals surface area contributed by atoms with Crippen molar-refractivity contribution in [3.63, 3.8) is 0 Å². The van der Waals surface area contributed by atoms with Gasteiger partial charge in [-0.25, -0.2) is 9.18 Å². The Bertz CT molecular complexity index is 476. The highest BCUT2D eigenvalue weighted by Crippen LogP contribution is 2.29. The van der Waals surface area contributed by atoms with Crippen LogP contribution in [0.1, 0.15) is 49.4 Å². The van der Waals surface area contributed by atoms with Crippen LogP contribution < -0.4 is 5.32 Å². The highest BCUT2D eigenvalue weighted by atomic mass is 19.1. The predicted octanol–water partition coefficient (Wildman–Crippen LogP) is 3.99. The minimum atomic E-state index is -0.442. The molecule has 0 heterocycles. The first kappa shape index (κ1) is 14.8. The number of carbonyl (C=O) groups excluding carboxylic acids is 1. The van der Waals surface area contributed by atoms with Crippen LogP contribution in [0.2, 0.25) is 0 Å². The molecule has 20 heavy (non-hydrogen) atoms. The van der Waals surface area contributed by atoms with Crippen molar-refractivity contribution in [2.24, 2.45) is 5.92 Å². The molecule has 4 heteroatoms. The molecule has 1 saturated carbocycles. The number of nitrogens with one attached hydrogen (secondary N) is 1. The van der Waals surface area contributed by atoms with Crippen LogP contribution >= 0.6 is 0 Å². The number of hydrogen-bond acceptors (Lipinski definition) is 3. The SMILES string of the molecule is CCC1CCCC(Nc2cc(C(=O)OC)ccc2F)C1. The van der Waals surface area contributed by atoms with Crippen molar-refractivity contribution in [2.45, 2.75) is 45.1 Å². The fourth-order valence-electron chi connectivity index (χ4n) is 2.89. The van der Waals surface area contributed by atoms with Crippen molar-refractivity contribution >= 4 is 11.7 Å². The number of benzene rings is 1. The number of rotatable bonds is 4. The Morgan fingerprint density at radius 2 is 2.25 bits per heavy atom. The van der Waals surface area contributed by atoms with Crippen LogP contribution in [0, 0.1) is 11.7 Å². The number of ether oxygens (including phenoxy) is 1. The van der Waals surface area contributed by atoms with Gasteiger partial charge in [0.05, 0.1) is 18.4 Å². The molecule has 3 nitrogen and oxygen atoms in total. The van der Waals surface area contributed by atoms with Gasteiger partial charge in [0.1, 0.15) is 5.82 Å². The van der Waals surface area contributed by atoms with E-state index in [1.54, 1.807) is 0 Å². The van der Waals surface area contributed by atoms with Crippen molar-refractivity contribution in [1.82, 2.24) is 0 Å². The van der Waals surface area contributed by atoms with Crippen molar-refractivity contribution in [3.05, 3.63) is 29.6 Å². The second-order valence-electron chi connectivity index (χ2n) is 5.47. The summed E-state index contributed by atoms with van der Waals surface area (Å²) in [6.45, 7) is 2.20. The molecule has 110 valence electrons.